The van der Waals surface area contributed by atoms with Crippen LogP contribution in [0.1, 0.15) is 117 Å². The minimum atomic E-state index is -0.763. The van der Waals surface area contributed by atoms with E-state index in [1.807, 2.05) is 6.92 Å². The van der Waals surface area contributed by atoms with Gasteiger partial charge in [-0.3, -0.25) is 9.59 Å². The zero-order valence-corrected chi connectivity index (χ0v) is 19.5. The van der Waals surface area contributed by atoms with Crippen LogP contribution in [0.2, 0.25) is 0 Å². The summed E-state index contributed by atoms with van der Waals surface area (Å²) in [6.07, 6.45) is 21.0. The molecule has 1 unspecified atom stereocenters. The van der Waals surface area contributed by atoms with Gasteiger partial charge in [0.2, 0.25) is 0 Å². The lowest BCUT2D eigenvalue weighted by molar-refractivity contribution is -0.161. The Hall–Kier alpha value is -1.36. The molecule has 0 amide bonds. The Bertz CT molecular complexity index is 433. The second-order valence-electron chi connectivity index (χ2n) is 8.06. The first-order valence-corrected chi connectivity index (χ1v) is 12.2. The van der Waals surface area contributed by atoms with E-state index >= 15 is 0 Å². The van der Waals surface area contributed by atoms with Crippen molar-refractivity contribution in [2.45, 2.75) is 123 Å². The number of aliphatic hydroxyl groups is 1. The second-order valence-corrected chi connectivity index (χ2v) is 8.06. The lowest BCUT2D eigenvalue weighted by atomic mass is 10.1. The number of hydrogen-bond acceptors (Lipinski definition) is 5. The standard InChI is InChI=1S/C25H46O5/c1-3-5-6-7-8-9-10-11-12-13-14-15-16-17-18-20-25(28)30-23(21-26)22-29-24(27)19-4-2/h11-12,23,26H,3-10,13-22H2,1-2H3/b12-11-. The molecule has 1 N–H and O–H groups in total. The van der Waals surface area contributed by atoms with Gasteiger partial charge in [0.05, 0.1) is 6.61 Å². The number of rotatable bonds is 21. The van der Waals surface area contributed by atoms with Crippen LogP contribution >= 0.6 is 0 Å². The first-order chi connectivity index (χ1) is 14.6. The van der Waals surface area contributed by atoms with Crippen LogP contribution in [0.5, 0.6) is 0 Å². The minimum Gasteiger partial charge on any atom is -0.462 e. The third-order valence-electron chi connectivity index (χ3n) is 5.03. The van der Waals surface area contributed by atoms with Gasteiger partial charge in [0.15, 0.2) is 6.10 Å². The number of hydrogen-bond donors (Lipinski definition) is 1. The predicted octanol–water partition coefficient (Wildman–Crippen LogP) is 6.27. The summed E-state index contributed by atoms with van der Waals surface area (Å²) in [6, 6.07) is 0. The van der Waals surface area contributed by atoms with Crippen molar-refractivity contribution in [3.63, 3.8) is 0 Å². The number of allylic oxidation sites excluding steroid dienone is 2. The van der Waals surface area contributed by atoms with Crippen LogP contribution < -0.4 is 0 Å². The highest BCUT2D eigenvalue weighted by Gasteiger charge is 2.15. The summed E-state index contributed by atoms with van der Waals surface area (Å²) in [7, 11) is 0. The number of unbranched alkanes of at least 4 members (excludes halogenated alkanes) is 11. The predicted molar refractivity (Wildman–Crippen MR) is 122 cm³/mol. The number of esters is 2. The van der Waals surface area contributed by atoms with E-state index in [2.05, 4.69) is 19.1 Å². The molecule has 5 heteroatoms. The molecule has 0 aliphatic heterocycles. The van der Waals surface area contributed by atoms with Gasteiger partial charge in [-0.15, -0.1) is 0 Å². The maximum Gasteiger partial charge on any atom is 0.306 e. The molecule has 0 saturated carbocycles. The van der Waals surface area contributed by atoms with E-state index in [1.165, 1.54) is 57.8 Å². The number of carbonyl (C=O) groups is 2. The molecule has 0 aromatic heterocycles. The van der Waals surface area contributed by atoms with Crippen molar-refractivity contribution in [2.75, 3.05) is 13.2 Å². The molecule has 176 valence electrons. The number of aliphatic hydroxyl groups excluding tert-OH is 1. The molecule has 0 aliphatic rings. The zero-order valence-electron chi connectivity index (χ0n) is 19.5. The smallest absolute Gasteiger partial charge is 0.306 e. The van der Waals surface area contributed by atoms with E-state index in [0.717, 1.165) is 25.7 Å². The largest absolute Gasteiger partial charge is 0.462 e. The Kier molecular flexibility index (Phi) is 21.3. The molecule has 0 heterocycles. The fourth-order valence-electron chi connectivity index (χ4n) is 3.17. The Morgan fingerprint density at radius 3 is 1.87 bits per heavy atom. The average molecular weight is 427 g/mol. The lowest BCUT2D eigenvalue weighted by Crippen LogP contribution is -2.28. The van der Waals surface area contributed by atoms with Gasteiger partial charge in [0, 0.05) is 12.8 Å². The fourth-order valence-corrected chi connectivity index (χ4v) is 3.17. The van der Waals surface area contributed by atoms with Crippen LogP contribution in [-0.4, -0.2) is 36.4 Å². The maximum atomic E-state index is 11.8. The van der Waals surface area contributed by atoms with Crippen LogP contribution in [0.4, 0.5) is 0 Å². The van der Waals surface area contributed by atoms with Gasteiger partial charge in [-0.1, -0.05) is 77.4 Å². The zero-order chi connectivity index (χ0) is 22.3. The molecule has 0 spiro atoms. The van der Waals surface area contributed by atoms with Crippen molar-refractivity contribution in [3.8, 4) is 0 Å². The van der Waals surface area contributed by atoms with Gasteiger partial charge >= 0.3 is 11.9 Å². The molecular weight excluding hydrogens is 380 g/mol. The number of ether oxygens (including phenoxy) is 2. The normalized spacial score (nSPS) is 12.2. The average Bonchev–Trinajstić information content (AvgIpc) is 2.74. The lowest BCUT2D eigenvalue weighted by Gasteiger charge is -2.15. The van der Waals surface area contributed by atoms with Gasteiger partial charge in [-0.2, -0.15) is 0 Å². The van der Waals surface area contributed by atoms with E-state index in [9.17, 15) is 14.7 Å². The van der Waals surface area contributed by atoms with Crippen molar-refractivity contribution in [2.24, 2.45) is 0 Å². The quantitative estimate of drug-likeness (QED) is 0.133. The molecule has 0 saturated heterocycles. The SMILES string of the molecule is CCCCCCCC/C=C\CCCCCCCC(=O)OC(CO)COC(=O)CCC. The van der Waals surface area contributed by atoms with E-state index in [0.29, 0.717) is 19.3 Å². The fraction of sp³-hybridized carbons (Fsp3) is 0.840. The van der Waals surface area contributed by atoms with Crippen LogP contribution in [0.15, 0.2) is 12.2 Å². The molecule has 0 radical (unpaired) electrons. The maximum absolute atomic E-state index is 11.8. The molecule has 0 aromatic rings. The highest BCUT2D eigenvalue weighted by atomic mass is 16.6. The molecule has 0 aromatic carbocycles. The van der Waals surface area contributed by atoms with Gasteiger partial charge in [0.25, 0.3) is 0 Å². The van der Waals surface area contributed by atoms with Crippen molar-refractivity contribution < 1.29 is 24.2 Å². The van der Waals surface area contributed by atoms with E-state index in [1.54, 1.807) is 0 Å². The summed E-state index contributed by atoms with van der Waals surface area (Å²) < 4.78 is 10.2. The summed E-state index contributed by atoms with van der Waals surface area (Å²) in [5, 5.41) is 9.25. The number of carbonyl (C=O) groups excluding carboxylic acids is 2. The highest BCUT2D eigenvalue weighted by molar-refractivity contribution is 5.70. The Balaban J connectivity index is 3.50. The van der Waals surface area contributed by atoms with E-state index in [-0.39, 0.29) is 25.2 Å². The summed E-state index contributed by atoms with van der Waals surface area (Å²) in [5.74, 6) is -0.664. The summed E-state index contributed by atoms with van der Waals surface area (Å²) >= 11 is 0. The monoisotopic (exact) mass is 426 g/mol. The van der Waals surface area contributed by atoms with E-state index < -0.39 is 6.10 Å². The molecule has 5 nitrogen and oxygen atoms in total. The van der Waals surface area contributed by atoms with Crippen LogP contribution in [0, 0.1) is 0 Å². The first-order valence-electron chi connectivity index (χ1n) is 12.2. The van der Waals surface area contributed by atoms with Crippen LogP contribution in [0.25, 0.3) is 0 Å². The molecular formula is C25H46O5. The van der Waals surface area contributed by atoms with Gasteiger partial charge < -0.3 is 14.6 Å². The molecule has 0 rings (SSSR count). The second kappa shape index (κ2) is 22.3. The summed E-state index contributed by atoms with van der Waals surface area (Å²) in [5.41, 5.74) is 0. The molecule has 0 aliphatic carbocycles. The Morgan fingerprint density at radius 2 is 1.30 bits per heavy atom. The van der Waals surface area contributed by atoms with Crippen molar-refractivity contribution in [3.05, 3.63) is 12.2 Å². The topological polar surface area (TPSA) is 72.8 Å². The molecule has 0 bridgehead atoms. The molecule has 1 atom stereocenters. The van der Waals surface area contributed by atoms with E-state index in [4.69, 9.17) is 9.47 Å². The molecule has 0 fully saturated rings. The first kappa shape index (κ1) is 28.6. The van der Waals surface area contributed by atoms with Crippen molar-refractivity contribution >= 4 is 11.9 Å². The van der Waals surface area contributed by atoms with Gasteiger partial charge in [0.1, 0.15) is 6.61 Å². The highest BCUT2D eigenvalue weighted by Crippen LogP contribution is 2.10. The van der Waals surface area contributed by atoms with Crippen LogP contribution in [-0.2, 0) is 19.1 Å². The molecule has 30 heavy (non-hydrogen) atoms. The third kappa shape index (κ3) is 19.9. The van der Waals surface area contributed by atoms with Gasteiger partial charge in [-0.25, -0.2) is 0 Å². The Labute approximate surface area is 184 Å². The van der Waals surface area contributed by atoms with Crippen molar-refractivity contribution in [1.29, 1.82) is 0 Å². The van der Waals surface area contributed by atoms with Gasteiger partial charge in [-0.05, 0) is 38.5 Å². The van der Waals surface area contributed by atoms with Crippen molar-refractivity contribution in [1.82, 2.24) is 0 Å². The third-order valence-corrected chi connectivity index (χ3v) is 5.03. The minimum absolute atomic E-state index is 0.0759. The van der Waals surface area contributed by atoms with Crippen LogP contribution in [0.3, 0.4) is 0 Å². The summed E-state index contributed by atoms with van der Waals surface area (Å²) in [6.45, 7) is 3.73. The Morgan fingerprint density at radius 1 is 0.733 bits per heavy atom. The summed E-state index contributed by atoms with van der Waals surface area (Å²) in [4.78, 5) is 23.2.